The third-order valence-corrected chi connectivity index (χ3v) is 4.86. The van der Waals surface area contributed by atoms with Crippen molar-refractivity contribution in [2.24, 2.45) is 17.7 Å². The van der Waals surface area contributed by atoms with Crippen molar-refractivity contribution in [3.05, 3.63) is 35.3 Å². The Labute approximate surface area is 275 Å². The van der Waals surface area contributed by atoms with Crippen molar-refractivity contribution in [2.75, 3.05) is 11.9 Å². The molecule has 0 aliphatic carbocycles. The maximum absolute atomic E-state index is 12.6. The van der Waals surface area contributed by atoms with Crippen molar-refractivity contribution >= 4 is 29.9 Å². The fraction of sp³-hybridized carbons (Fsp3) is 0.667. The van der Waals surface area contributed by atoms with E-state index in [4.69, 9.17) is 10.9 Å². The second-order valence-electron chi connectivity index (χ2n) is 8.80. The number of rotatable bonds is 14. The Morgan fingerprint density at radius 2 is 1.44 bits per heavy atom. The Kier molecular flexibility index (Phi) is 40.9. The quantitative estimate of drug-likeness (QED) is 0.0735. The molecular formula is C30H58N5O5Y-. The van der Waals surface area contributed by atoms with Gasteiger partial charge in [-0.3, -0.25) is 19.2 Å². The van der Waals surface area contributed by atoms with Crippen LogP contribution in [0.25, 0.3) is 5.43 Å². The summed E-state index contributed by atoms with van der Waals surface area (Å²) in [4.78, 5) is 45.7. The minimum Gasteiger partial charge on any atom is -0.600 e. The van der Waals surface area contributed by atoms with Gasteiger partial charge >= 0.3 is 5.97 Å². The van der Waals surface area contributed by atoms with E-state index >= 15 is 0 Å². The van der Waals surface area contributed by atoms with Crippen molar-refractivity contribution < 1.29 is 57.0 Å². The molecule has 0 saturated carbocycles. The van der Waals surface area contributed by atoms with Gasteiger partial charge in [0.25, 0.3) is 0 Å². The molecule has 0 fully saturated rings. The monoisotopic (exact) mass is 657 g/mol. The van der Waals surface area contributed by atoms with Gasteiger partial charge in [-0.05, 0) is 43.7 Å². The zero-order chi connectivity index (χ0) is 32.1. The average Bonchev–Trinajstić information content (AvgIpc) is 2.94. The van der Waals surface area contributed by atoms with E-state index in [-0.39, 0.29) is 44.5 Å². The largest absolute Gasteiger partial charge is 0.600 e. The van der Waals surface area contributed by atoms with Crippen LogP contribution in [0.4, 0.5) is 5.69 Å². The molecule has 3 amide bonds. The molecule has 2 unspecified atom stereocenters. The number of hydrogen-bond acceptors (Lipinski definition) is 5. The fourth-order valence-corrected chi connectivity index (χ4v) is 2.84. The molecule has 1 aromatic rings. The second-order valence-corrected chi connectivity index (χ2v) is 8.80. The Morgan fingerprint density at radius 1 is 0.927 bits per heavy atom. The number of anilines is 1. The van der Waals surface area contributed by atoms with Crippen LogP contribution in [0.1, 0.15) is 100 Å². The minimum absolute atomic E-state index is 0. The molecule has 0 heterocycles. The van der Waals surface area contributed by atoms with Crippen molar-refractivity contribution in [3.63, 3.8) is 0 Å². The molecule has 1 aromatic carbocycles. The van der Waals surface area contributed by atoms with Crippen LogP contribution in [-0.2, 0) is 51.9 Å². The smallest absolute Gasteiger partial charge is 0.303 e. The van der Waals surface area contributed by atoms with E-state index in [9.17, 15) is 19.2 Å². The number of benzene rings is 1. The zero-order valence-electron chi connectivity index (χ0n) is 27.4. The van der Waals surface area contributed by atoms with Crippen LogP contribution < -0.4 is 21.8 Å². The first kappa shape index (κ1) is 48.8. The molecular weight excluding hydrogens is 599 g/mol. The summed E-state index contributed by atoms with van der Waals surface area (Å²) in [6, 6.07) is 5.92. The van der Waals surface area contributed by atoms with Crippen molar-refractivity contribution in [1.82, 2.24) is 10.6 Å². The summed E-state index contributed by atoms with van der Waals surface area (Å²) < 4.78 is 0. The SMILES string of the molecule is CC.CC.CC.CC(C)CCC(=O)O.Cc1ccc(NC(=O)C(CCC[N-]N)NC(=O)C(NC=O)C(C)C)cc1.[Y]. The summed E-state index contributed by atoms with van der Waals surface area (Å²) >= 11 is 0. The molecule has 2 atom stereocenters. The maximum atomic E-state index is 12.6. The van der Waals surface area contributed by atoms with Crippen LogP contribution in [-0.4, -0.2) is 47.9 Å². The molecule has 0 aliphatic heterocycles. The molecule has 10 nitrogen and oxygen atoms in total. The number of hydrogen-bond donors (Lipinski definition) is 5. The zero-order valence-corrected chi connectivity index (χ0v) is 30.3. The van der Waals surface area contributed by atoms with Crippen molar-refractivity contribution in [2.45, 2.75) is 114 Å². The molecule has 6 N–H and O–H groups in total. The summed E-state index contributed by atoms with van der Waals surface area (Å²) in [5.74, 6) is 4.12. The number of amides is 3. The summed E-state index contributed by atoms with van der Waals surface area (Å²) in [6.45, 7) is 22.0. The van der Waals surface area contributed by atoms with Gasteiger partial charge in [-0.2, -0.15) is 0 Å². The minimum atomic E-state index is -0.750. The number of carboxylic acids is 1. The van der Waals surface area contributed by atoms with E-state index in [1.54, 1.807) is 12.1 Å². The standard InChI is InChI=1S/C18H28N5O3.C6H12O2.3C2H6.Y/c1-12(2)16(20-11-24)18(26)23-15(5-4-10-21-19)17(25)22-14-8-6-13(3)7-9-14;1-5(2)3-4-6(7)8;3*1-2;/h6-9,11-12,15-16H,4-5,10,19H2,1-3H3,(H,20,24)(H,22,25)(H,23,26);5H,3-4H2,1-2H3,(H,7,8);3*1-2H3;/q-1;;;;;. The van der Waals surface area contributed by atoms with Crippen LogP contribution in [0.5, 0.6) is 0 Å². The number of carbonyl (C=O) groups excluding carboxylic acids is 3. The van der Waals surface area contributed by atoms with Gasteiger partial charge in [0, 0.05) is 44.8 Å². The van der Waals surface area contributed by atoms with Gasteiger partial charge in [-0.1, -0.05) is 93.4 Å². The summed E-state index contributed by atoms with van der Waals surface area (Å²) in [5, 5.41) is 16.2. The first-order valence-electron chi connectivity index (χ1n) is 14.5. The predicted molar refractivity (Wildman–Crippen MR) is 167 cm³/mol. The van der Waals surface area contributed by atoms with E-state index in [0.717, 1.165) is 12.0 Å². The number of nitrogens with one attached hydrogen (secondary N) is 3. The number of carbonyl (C=O) groups is 4. The number of nitrogens with zero attached hydrogens (tertiary/aromatic N) is 1. The normalized spacial score (nSPS) is 10.6. The van der Waals surface area contributed by atoms with Crippen LogP contribution in [0.15, 0.2) is 24.3 Å². The Hall–Kier alpha value is -1.88. The third kappa shape index (κ3) is 29.4. The molecule has 237 valence electrons. The molecule has 1 rings (SSSR count). The fourth-order valence-electron chi connectivity index (χ4n) is 2.84. The van der Waals surface area contributed by atoms with E-state index in [0.29, 0.717) is 43.8 Å². The van der Waals surface area contributed by atoms with Gasteiger partial charge in [0.05, 0.1) is 0 Å². The molecule has 0 saturated heterocycles. The van der Waals surface area contributed by atoms with Gasteiger partial charge < -0.3 is 32.3 Å². The van der Waals surface area contributed by atoms with Crippen LogP contribution >= 0.6 is 0 Å². The van der Waals surface area contributed by atoms with Crippen molar-refractivity contribution in [3.8, 4) is 0 Å². The predicted octanol–water partition coefficient (Wildman–Crippen LogP) is 5.80. The van der Waals surface area contributed by atoms with Crippen LogP contribution in [0.3, 0.4) is 0 Å². The first-order chi connectivity index (χ1) is 19.0. The maximum Gasteiger partial charge on any atom is 0.303 e. The van der Waals surface area contributed by atoms with E-state index < -0.39 is 24.0 Å². The van der Waals surface area contributed by atoms with Gasteiger partial charge in [-0.25, -0.2) is 0 Å². The molecule has 11 heteroatoms. The second kappa shape index (κ2) is 34.3. The van der Waals surface area contributed by atoms with Gasteiger partial charge in [0.15, 0.2) is 0 Å². The molecule has 0 bridgehead atoms. The Bertz CT molecular complexity index is 762. The molecule has 0 aromatic heterocycles. The van der Waals surface area contributed by atoms with Crippen LogP contribution in [0, 0.1) is 18.8 Å². The summed E-state index contributed by atoms with van der Waals surface area (Å²) in [7, 11) is 0. The van der Waals surface area contributed by atoms with E-state index in [1.165, 1.54) is 0 Å². The van der Waals surface area contributed by atoms with Gasteiger partial charge in [0.2, 0.25) is 18.2 Å². The number of nitrogens with two attached hydrogens (primary N) is 1. The van der Waals surface area contributed by atoms with E-state index in [2.05, 4.69) is 21.4 Å². The number of aryl methyl sites for hydroxylation is 1. The molecule has 0 aliphatic rings. The van der Waals surface area contributed by atoms with Gasteiger partial charge in [-0.15, -0.1) is 6.54 Å². The number of aliphatic carboxylic acids is 1. The molecule has 41 heavy (non-hydrogen) atoms. The van der Waals surface area contributed by atoms with Gasteiger partial charge in [0.1, 0.15) is 12.1 Å². The summed E-state index contributed by atoms with van der Waals surface area (Å²) in [6.07, 6.45) is 2.51. The Morgan fingerprint density at radius 3 is 1.80 bits per heavy atom. The van der Waals surface area contributed by atoms with Crippen LogP contribution in [0.2, 0.25) is 0 Å². The first-order valence-corrected chi connectivity index (χ1v) is 14.5. The number of carboxylic acid groups (broad SMARTS) is 1. The summed E-state index contributed by atoms with van der Waals surface area (Å²) in [5.41, 5.74) is 5.26. The topological polar surface area (TPSA) is 165 Å². The average molecular weight is 658 g/mol. The van der Waals surface area contributed by atoms with E-state index in [1.807, 2.05) is 88.3 Å². The van der Waals surface area contributed by atoms with Crippen molar-refractivity contribution in [1.29, 1.82) is 0 Å². The Balaban J connectivity index is -0.000000243. The molecule has 1 radical (unpaired) electrons. The third-order valence-electron chi connectivity index (χ3n) is 4.86. The molecule has 0 spiro atoms.